The van der Waals surface area contributed by atoms with E-state index >= 15 is 0 Å². The van der Waals surface area contributed by atoms with Gasteiger partial charge < -0.3 is 9.77 Å². The van der Waals surface area contributed by atoms with Crippen LogP contribution in [0.3, 0.4) is 0 Å². The average Bonchev–Trinajstić information content (AvgIpc) is 2.68. The van der Waals surface area contributed by atoms with Crippen molar-refractivity contribution < 1.29 is 5.21 Å². The minimum absolute atomic E-state index is 0.0104. The second kappa shape index (κ2) is 8.88. The zero-order valence-electron chi connectivity index (χ0n) is 15.6. The van der Waals surface area contributed by atoms with E-state index in [0.29, 0.717) is 22.2 Å². The summed E-state index contributed by atoms with van der Waals surface area (Å²) in [4.78, 5) is 12.0. The van der Waals surface area contributed by atoms with Crippen molar-refractivity contribution in [2.45, 2.75) is 19.3 Å². The molecule has 0 saturated carbocycles. The highest BCUT2D eigenvalue weighted by atomic mass is 79.9. The van der Waals surface area contributed by atoms with E-state index < -0.39 is 0 Å². The summed E-state index contributed by atoms with van der Waals surface area (Å²) in [5.41, 5.74) is 4.57. The molecule has 1 aromatic heterocycles. The van der Waals surface area contributed by atoms with Gasteiger partial charge in [-0.25, -0.2) is 0 Å². The van der Waals surface area contributed by atoms with Crippen molar-refractivity contribution in [1.29, 1.82) is 0 Å². The number of hydrogen-bond acceptors (Lipinski definition) is 3. The van der Waals surface area contributed by atoms with Gasteiger partial charge in [-0.05, 0) is 57.7 Å². The monoisotopic (exact) mass is 502 g/mol. The molecule has 0 unspecified atom stereocenters. The maximum absolute atomic E-state index is 12.0. The molecule has 2 aromatic carbocycles. The number of halogens is 2. The fraction of sp³-hybridized carbons (Fsp3) is 0.182. The predicted octanol–water partition coefficient (Wildman–Crippen LogP) is 5.62. The highest BCUT2D eigenvalue weighted by molar-refractivity contribution is 9.10. The summed E-state index contributed by atoms with van der Waals surface area (Å²) in [6.45, 7) is 2.08. The standard InChI is InChI=1S/C22H20Br2N2O2/c1-14-5-3-4-6-18(14)19(15-7-9-17(23)10-8-15)12-21(25-28)16-11-20(24)22(27)26(2)13-16/h3-11,13,19,28H,12H2,1-2H3/t19-/m1/s1. The molecule has 1 atom stereocenters. The van der Waals surface area contributed by atoms with Gasteiger partial charge in [0.05, 0.1) is 10.2 Å². The van der Waals surface area contributed by atoms with Crippen LogP contribution in [0.1, 0.15) is 34.6 Å². The van der Waals surface area contributed by atoms with Crippen molar-refractivity contribution in [2.24, 2.45) is 12.2 Å². The third kappa shape index (κ3) is 4.45. The number of aromatic nitrogens is 1. The fourth-order valence-electron chi connectivity index (χ4n) is 3.32. The number of hydrogen-bond donors (Lipinski definition) is 1. The third-order valence-electron chi connectivity index (χ3n) is 4.83. The Morgan fingerprint density at radius 3 is 2.43 bits per heavy atom. The van der Waals surface area contributed by atoms with Crippen LogP contribution in [0.4, 0.5) is 0 Å². The number of oxime groups is 1. The van der Waals surface area contributed by atoms with E-state index in [9.17, 15) is 10.0 Å². The minimum atomic E-state index is -0.135. The molecule has 3 aromatic rings. The maximum Gasteiger partial charge on any atom is 0.264 e. The maximum atomic E-state index is 12.0. The van der Waals surface area contributed by atoms with E-state index in [1.54, 1.807) is 19.3 Å². The number of benzene rings is 2. The van der Waals surface area contributed by atoms with Crippen molar-refractivity contribution in [3.63, 3.8) is 0 Å². The van der Waals surface area contributed by atoms with Crippen LogP contribution in [0.2, 0.25) is 0 Å². The number of nitrogens with zero attached hydrogens (tertiary/aromatic N) is 2. The van der Waals surface area contributed by atoms with Gasteiger partial charge in [-0.2, -0.15) is 0 Å². The van der Waals surface area contributed by atoms with Gasteiger partial charge in [0.15, 0.2) is 0 Å². The van der Waals surface area contributed by atoms with Crippen LogP contribution < -0.4 is 5.56 Å². The van der Waals surface area contributed by atoms with Crippen LogP contribution in [-0.4, -0.2) is 15.5 Å². The Bertz CT molecular complexity index is 1050. The molecule has 0 spiro atoms. The molecule has 0 radical (unpaired) electrons. The Kier molecular flexibility index (Phi) is 6.52. The van der Waals surface area contributed by atoms with Gasteiger partial charge in [0.2, 0.25) is 0 Å². The average molecular weight is 504 g/mol. The number of aryl methyl sites for hydroxylation is 2. The summed E-state index contributed by atoms with van der Waals surface area (Å²) in [7, 11) is 1.68. The lowest BCUT2D eigenvalue weighted by Crippen LogP contribution is -2.20. The van der Waals surface area contributed by atoms with Crippen LogP contribution in [0.15, 0.2) is 79.7 Å². The third-order valence-corrected chi connectivity index (χ3v) is 5.92. The van der Waals surface area contributed by atoms with Gasteiger partial charge in [0.25, 0.3) is 5.56 Å². The SMILES string of the molecule is Cc1ccccc1[C@H](CC(=NO)c1cc(Br)c(=O)n(C)c1)c1ccc(Br)cc1. The van der Waals surface area contributed by atoms with E-state index in [-0.39, 0.29) is 11.5 Å². The minimum Gasteiger partial charge on any atom is -0.411 e. The van der Waals surface area contributed by atoms with E-state index in [0.717, 1.165) is 10.0 Å². The lowest BCUT2D eigenvalue weighted by Gasteiger charge is -2.21. The molecule has 0 aliphatic heterocycles. The van der Waals surface area contributed by atoms with E-state index in [4.69, 9.17) is 0 Å². The Balaban J connectivity index is 2.07. The molecule has 144 valence electrons. The van der Waals surface area contributed by atoms with Crippen LogP contribution >= 0.6 is 31.9 Å². The lowest BCUT2D eigenvalue weighted by atomic mass is 9.83. The van der Waals surface area contributed by atoms with Gasteiger partial charge in [-0.3, -0.25) is 4.79 Å². The molecule has 0 amide bonds. The van der Waals surface area contributed by atoms with E-state index in [1.165, 1.54) is 15.7 Å². The molecule has 0 bridgehead atoms. The van der Waals surface area contributed by atoms with Crippen molar-refractivity contribution in [3.05, 3.63) is 102 Å². The molecule has 0 aliphatic rings. The predicted molar refractivity (Wildman–Crippen MR) is 119 cm³/mol. The molecule has 1 N–H and O–H groups in total. The first-order valence-electron chi connectivity index (χ1n) is 8.79. The quantitative estimate of drug-likeness (QED) is 0.279. The summed E-state index contributed by atoms with van der Waals surface area (Å²) in [5.74, 6) is 0.0104. The van der Waals surface area contributed by atoms with Gasteiger partial charge in [-0.1, -0.05) is 57.5 Å². The molecule has 0 saturated heterocycles. The van der Waals surface area contributed by atoms with Gasteiger partial charge in [0, 0.05) is 35.6 Å². The summed E-state index contributed by atoms with van der Waals surface area (Å²) in [6.07, 6.45) is 2.19. The molecular formula is C22H20Br2N2O2. The summed E-state index contributed by atoms with van der Waals surface area (Å²) in [5, 5.41) is 13.3. The molecule has 0 fully saturated rings. The zero-order valence-corrected chi connectivity index (χ0v) is 18.7. The highest BCUT2D eigenvalue weighted by Gasteiger charge is 2.21. The Morgan fingerprint density at radius 2 is 1.82 bits per heavy atom. The van der Waals surface area contributed by atoms with Crippen molar-refractivity contribution in [1.82, 2.24) is 4.57 Å². The first kappa shape index (κ1) is 20.6. The van der Waals surface area contributed by atoms with Crippen molar-refractivity contribution in [3.8, 4) is 0 Å². The molecule has 6 heteroatoms. The lowest BCUT2D eigenvalue weighted by molar-refractivity contribution is 0.317. The molecule has 4 nitrogen and oxygen atoms in total. The van der Waals surface area contributed by atoms with Crippen LogP contribution in [0.5, 0.6) is 0 Å². The van der Waals surface area contributed by atoms with Gasteiger partial charge >= 0.3 is 0 Å². The zero-order chi connectivity index (χ0) is 20.3. The topological polar surface area (TPSA) is 54.6 Å². The van der Waals surface area contributed by atoms with E-state index in [2.05, 4.69) is 68.2 Å². The number of pyridine rings is 1. The second-order valence-corrected chi connectivity index (χ2v) is 8.47. The van der Waals surface area contributed by atoms with Crippen molar-refractivity contribution >= 4 is 37.6 Å². The Labute approximate surface area is 180 Å². The Hall–Kier alpha value is -2.18. The molecule has 3 rings (SSSR count). The summed E-state index contributed by atoms with van der Waals surface area (Å²) in [6, 6.07) is 18.1. The van der Waals surface area contributed by atoms with E-state index in [1.807, 2.05) is 24.3 Å². The fourth-order valence-corrected chi connectivity index (χ4v) is 4.11. The molecular weight excluding hydrogens is 484 g/mol. The number of rotatable bonds is 5. The van der Waals surface area contributed by atoms with Crippen molar-refractivity contribution in [2.75, 3.05) is 0 Å². The first-order valence-corrected chi connectivity index (χ1v) is 10.4. The normalized spacial score (nSPS) is 12.8. The summed E-state index contributed by atoms with van der Waals surface area (Å²) >= 11 is 6.78. The van der Waals surface area contributed by atoms with Crippen LogP contribution in [-0.2, 0) is 7.05 Å². The first-order chi connectivity index (χ1) is 13.4. The highest BCUT2D eigenvalue weighted by Crippen LogP contribution is 2.32. The molecule has 0 aliphatic carbocycles. The second-order valence-electron chi connectivity index (χ2n) is 6.70. The van der Waals surface area contributed by atoms with Crippen LogP contribution in [0, 0.1) is 6.92 Å². The van der Waals surface area contributed by atoms with Gasteiger partial charge in [-0.15, -0.1) is 0 Å². The molecule has 28 heavy (non-hydrogen) atoms. The Morgan fingerprint density at radius 1 is 1.14 bits per heavy atom. The summed E-state index contributed by atoms with van der Waals surface area (Å²) < 4.78 is 2.93. The van der Waals surface area contributed by atoms with Gasteiger partial charge in [0.1, 0.15) is 0 Å². The molecule has 1 heterocycles. The largest absolute Gasteiger partial charge is 0.411 e. The smallest absolute Gasteiger partial charge is 0.264 e. The van der Waals surface area contributed by atoms with Crippen LogP contribution in [0.25, 0.3) is 0 Å².